The summed E-state index contributed by atoms with van der Waals surface area (Å²) in [6, 6.07) is 9.25. The SMILES string of the molecule is CCNC(Cc1ccc(I)cc1)C1(OC)CCC1. The molecule has 2 nitrogen and oxygen atoms in total. The quantitative estimate of drug-likeness (QED) is 0.787. The molecule has 1 N–H and O–H groups in total. The van der Waals surface area contributed by atoms with Crippen LogP contribution in [0, 0.1) is 3.57 Å². The van der Waals surface area contributed by atoms with Gasteiger partial charge in [-0.25, -0.2) is 0 Å². The van der Waals surface area contributed by atoms with E-state index in [1.165, 1.54) is 28.4 Å². The molecule has 0 aromatic heterocycles. The predicted octanol–water partition coefficient (Wildman–Crippen LogP) is 3.38. The molecule has 0 bridgehead atoms. The first-order valence-electron chi connectivity index (χ1n) is 6.73. The summed E-state index contributed by atoms with van der Waals surface area (Å²) < 4.78 is 7.11. The lowest BCUT2D eigenvalue weighted by Crippen LogP contribution is -2.57. The van der Waals surface area contributed by atoms with E-state index < -0.39 is 0 Å². The Labute approximate surface area is 124 Å². The van der Waals surface area contributed by atoms with Crippen molar-refractivity contribution >= 4 is 22.6 Å². The van der Waals surface area contributed by atoms with Crippen LogP contribution in [0.4, 0.5) is 0 Å². The average molecular weight is 359 g/mol. The fourth-order valence-corrected chi connectivity index (χ4v) is 3.13. The molecule has 0 aliphatic heterocycles. The van der Waals surface area contributed by atoms with Gasteiger partial charge < -0.3 is 10.1 Å². The van der Waals surface area contributed by atoms with E-state index in [1.54, 1.807) is 0 Å². The number of benzene rings is 1. The minimum atomic E-state index is 0.0685. The molecule has 1 unspecified atom stereocenters. The molecule has 100 valence electrons. The molecule has 1 aliphatic carbocycles. The van der Waals surface area contributed by atoms with Crippen molar-refractivity contribution in [2.24, 2.45) is 0 Å². The standard InChI is InChI=1S/C15H22INO/c1-3-17-14(15(18-2)9-4-10-15)11-12-5-7-13(16)8-6-12/h5-8,14,17H,3-4,9-11H2,1-2H3. The molecule has 3 heteroatoms. The lowest BCUT2D eigenvalue weighted by Gasteiger charge is -2.47. The third-order valence-electron chi connectivity index (χ3n) is 4.05. The van der Waals surface area contributed by atoms with Gasteiger partial charge in [-0.05, 0) is 72.5 Å². The van der Waals surface area contributed by atoms with Crippen molar-refractivity contribution < 1.29 is 4.74 Å². The van der Waals surface area contributed by atoms with E-state index in [0.29, 0.717) is 6.04 Å². The number of hydrogen-bond donors (Lipinski definition) is 1. The third-order valence-corrected chi connectivity index (χ3v) is 4.76. The fraction of sp³-hybridized carbons (Fsp3) is 0.600. The van der Waals surface area contributed by atoms with Crippen molar-refractivity contribution in [3.63, 3.8) is 0 Å². The summed E-state index contributed by atoms with van der Waals surface area (Å²) in [6.45, 7) is 3.17. The maximum absolute atomic E-state index is 5.82. The summed E-state index contributed by atoms with van der Waals surface area (Å²) in [5.41, 5.74) is 1.46. The number of hydrogen-bond acceptors (Lipinski definition) is 2. The number of likely N-dealkylation sites (N-methyl/N-ethyl adjacent to an activating group) is 1. The highest BCUT2D eigenvalue weighted by molar-refractivity contribution is 14.1. The molecule has 0 heterocycles. The molecule has 0 spiro atoms. The Kier molecular flexibility index (Phi) is 5.04. The van der Waals surface area contributed by atoms with Gasteiger partial charge in [-0.15, -0.1) is 0 Å². The molecule has 1 saturated carbocycles. The van der Waals surface area contributed by atoms with Crippen molar-refractivity contribution in [2.45, 2.75) is 44.2 Å². The highest BCUT2D eigenvalue weighted by Crippen LogP contribution is 2.39. The molecule has 1 atom stereocenters. The molecule has 0 radical (unpaired) electrons. The normalized spacial score (nSPS) is 19.3. The molecular weight excluding hydrogens is 337 g/mol. The van der Waals surface area contributed by atoms with Crippen molar-refractivity contribution in [3.05, 3.63) is 33.4 Å². The summed E-state index contributed by atoms with van der Waals surface area (Å²) in [5.74, 6) is 0. The summed E-state index contributed by atoms with van der Waals surface area (Å²) in [6.07, 6.45) is 4.72. The van der Waals surface area contributed by atoms with Crippen LogP contribution in [-0.2, 0) is 11.2 Å². The Morgan fingerprint density at radius 2 is 2.00 bits per heavy atom. The minimum Gasteiger partial charge on any atom is -0.377 e. The lowest BCUT2D eigenvalue weighted by atomic mass is 9.72. The van der Waals surface area contributed by atoms with Crippen LogP contribution in [0.3, 0.4) is 0 Å². The summed E-state index contributed by atoms with van der Waals surface area (Å²) in [7, 11) is 1.86. The molecule has 0 saturated heterocycles. The summed E-state index contributed by atoms with van der Waals surface area (Å²) in [4.78, 5) is 0. The fourth-order valence-electron chi connectivity index (χ4n) is 2.77. The third kappa shape index (κ3) is 3.06. The van der Waals surface area contributed by atoms with Crippen LogP contribution < -0.4 is 5.32 Å². The Morgan fingerprint density at radius 3 is 2.44 bits per heavy atom. The average Bonchev–Trinajstić information content (AvgIpc) is 2.31. The van der Waals surface area contributed by atoms with Crippen molar-refractivity contribution in [1.29, 1.82) is 0 Å². The molecule has 2 rings (SSSR count). The first kappa shape index (κ1) is 14.3. The van der Waals surface area contributed by atoms with Crippen molar-refractivity contribution in [3.8, 4) is 0 Å². The highest BCUT2D eigenvalue weighted by Gasteiger charge is 2.43. The lowest BCUT2D eigenvalue weighted by molar-refractivity contribution is -0.0978. The van der Waals surface area contributed by atoms with Gasteiger partial charge in [-0.1, -0.05) is 19.1 Å². The monoisotopic (exact) mass is 359 g/mol. The zero-order valence-corrected chi connectivity index (χ0v) is 13.4. The van der Waals surface area contributed by atoms with E-state index in [-0.39, 0.29) is 5.60 Å². The van der Waals surface area contributed by atoms with Crippen molar-refractivity contribution in [1.82, 2.24) is 5.32 Å². The molecule has 1 aromatic carbocycles. The second-order valence-electron chi connectivity index (χ2n) is 5.06. The Morgan fingerprint density at radius 1 is 1.33 bits per heavy atom. The van der Waals surface area contributed by atoms with Crippen LogP contribution in [0.2, 0.25) is 0 Å². The van der Waals surface area contributed by atoms with E-state index in [2.05, 4.69) is 59.1 Å². The summed E-state index contributed by atoms with van der Waals surface area (Å²) >= 11 is 2.35. The van der Waals surface area contributed by atoms with E-state index in [9.17, 15) is 0 Å². The topological polar surface area (TPSA) is 21.3 Å². The van der Waals surface area contributed by atoms with Crippen molar-refractivity contribution in [2.75, 3.05) is 13.7 Å². The number of methoxy groups -OCH3 is 1. The first-order chi connectivity index (χ1) is 8.70. The van der Waals surface area contributed by atoms with Crippen LogP contribution in [0.1, 0.15) is 31.7 Å². The second kappa shape index (κ2) is 6.35. The zero-order valence-electron chi connectivity index (χ0n) is 11.2. The molecule has 1 fully saturated rings. The van der Waals surface area contributed by atoms with E-state index in [1.807, 2.05) is 7.11 Å². The number of nitrogens with one attached hydrogen (secondary N) is 1. The second-order valence-corrected chi connectivity index (χ2v) is 6.31. The minimum absolute atomic E-state index is 0.0685. The van der Waals surface area contributed by atoms with Gasteiger partial charge in [0.05, 0.1) is 5.60 Å². The maximum atomic E-state index is 5.82. The van der Waals surface area contributed by atoms with Gasteiger partial charge >= 0.3 is 0 Å². The molecule has 18 heavy (non-hydrogen) atoms. The van der Waals surface area contributed by atoms with E-state index in [0.717, 1.165) is 13.0 Å². The number of rotatable bonds is 6. The smallest absolute Gasteiger partial charge is 0.0834 e. The Hall–Kier alpha value is -0.130. The van der Waals surface area contributed by atoms with Gasteiger partial charge in [0.1, 0.15) is 0 Å². The maximum Gasteiger partial charge on any atom is 0.0834 e. The van der Waals surface area contributed by atoms with Crippen LogP contribution >= 0.6 is 22.6 Å². The molecular formula is C15H22INO. The number of ether oxygens (including phenoxy) is 1. The van der Waals surface area contributed by atoms with E-state index in [4.69, 9.17) is 4.74 Å². The highest BCUT2D eigenvalue weighted by atomic mass is 127. The molecule has 1 aromatic rings. The first-order valence-corrected chi connectivity index (χ1v) is 7.81. The molecule has 0 amide bonds. The predicted molar refractivity (Wildman–Crippen MR) is 83.9 cm³/mol. The van der Waals surface area contributed by atoms with Gasteiger partial charge in [0.2, 0.25) is 0 Å². The van der Waals surface area contributed by atoms with Gasteiger partial charge in [0.15, 0.2) is 0 Å². The Balaban J connectivity index is 2.08. The number of halogens is 1. The van der Waals surface area contributed by atoms with Crippen LogP contribution in [0.25, 0.3) is 0 Å². The van der Waals surface area contributed by atoms with E-state index >= 15 is 0 Å². The van der Waals surface area contributed by atoms with Crippen LogP contribution in [0.5, 0.6) is 0 Å². The Bertz CT molecular complexity index is 367. The van der Waals surface area contributed by atoms with Gasteiger partial charge in [-0.2, -0.15) is 0 Å². The van der Waals surface area contributed by atoms with Gasteiger partial charge in [0.25, 0.3) is 0 Å². The zero-order chi connectivity index (χ0) is 13.0. The van der Waals surface area contributed by atoms with Gasteiger partial charge in [0, 0.05) is 16.7 Å². The largest absolute Gasteiger partial charge is 0.377 e. The summed E-state index contributed by atoms with van der Waals surface area (Å²) in [5, 5.41) is 3.61. The van der Waals surface area contributed by atoms with Crippen LogP contribution in [-0.4, -0.2) is 25.3 Å². The molecule has 1 aliphatic rings. The van der Waals surface area contributed by atoms with Gasteiger partial charge in [-0.3, -0.25) is 0 Å². The van der Waals surface area contributed by atoms with Crippen LogP contribution in [0.15, 0.2) is 24.3 Å².